The number of morpholine rings is 2. The Hall–Kier alpha value is -3.31. The molecule has 4 saturated heterocycles. The lowest BCUT2D eigenvalue weighted by atomic mass is 10.1. The maximum Gasteiger partial charge on any atom is 0.416 e. The van der Waals surface area contributed by atoms with E-state index < -0.39 is 29.1 Å². The van der Waals surface area contributed by atoms with Gasteiger partial charge in [0, 0.05) is 103 Å². The molecule has 0 atom stereocenters. The monoisotopic (exact) mass is 758 g/mol. The molecule has 1 amide bonds. The third kappa shape index (κ3) is 12.1. The van der Waals surface area contributed by atoms with E-state index in [1.165, 1.54) is 18.2 Å². The van der Waals surface area contributed by atoms with Crippen molar-refractivity contribution < 1.29 is 45.3 Å². The molecule has 2 aromatic carbocycles. The molecule has 16 heteroatoms. The summed E-state index contributed by atoms with van der Waals surface area (Å²) >= 11 is 0. The number of benzene rings is 2. The van der Waals surface area contributed by atoms with Gasteiger partial charge in [0.2, 0.25) is 0 Å². The van der Waals surface area contributed by atoms with Gasteiger partial charge >= 0.3 is 18.4 Å². The van der Waals surface area contributed by atoms with Crippen LogP contribution in [0.3, 0.4) is 0 Å². The molecule has 4 fully saturated rings. The average molecular weight is 759 g/mol. The summed E-state index contributed by atoms with van der Waals surface area (Å²) in [5.74, 6) is 0. The topological polar surface area (TPSA) is 73.0 Å². The Morgan fingerprint density at radius 1 is 0.642 bits per heavy atom. The van der Waals surface area contributed by atoms with E-state index in [-0.39, 0.29) is 6.09 Å². The third-order valence-corrected chi connectivity index (χ3v) is 9.54. The Labute approximate surface area is 307 Å². The summed E-state index contributed by atoms with van der Waals surface area (Å²) in [6, 6.07) is 8.09. The van der Waals surface area contributed by atoms with Crippen molar-refractivity contribution in [3.05, 3.63) is 58.7 Å². The number of rotatable bonds is 6. The molecule has 0 spiro atoms. The Morgan fingerprint density at radius 2 is 1.06 bits per heavy atom. The molecule has 0 unspecified atom stereocenters. The number of piperazine rings is 2. The molecule has 0 saturated carbocycles. The minimum Gasteiger partial charge on any atom is -0.444 e. The molecular weight excluding hydrogens is 706 g/mol. The van der Waals surface area contributed by atoms with Crippen LogP contribution in [-0.4, -0.2) is 131 Å². The maximum atomic E-state index is 13.3. The molecule has 4 heterocycles. The van der Waals surface area contributed by atoms with Gasteiger partial charge in [0.25, 0.3) is 0 Å². The van der Waals surface area contributed by atoms with Crippen LogP contribution in [0.1, 0.15) is 43.0 Å². The zero-order valence-electron chi connectivity index (χ0n) is 30.8. The fraction of sp³-hybridized carbons (Fsp3) is 0.649. The highest BCUT2D eigenvalue weighted by Gasteiger charge is 2.34. The van der Waals surface area contributed by atoms with Crippen molar-refractivity contribution in [1.82, 2.24) is 20.0 Å². The Morgan fingerprint density at radius 3 is 1.45 bits per heavy atom. The molecule has 10 nitrogen and oxygen atoms in total. The average Bonchev–Trinajstić information content (AvgIpc) is 3.12. The predicted octanol–water partition coefficient (Wildman–Crippen LogP) is 5.54. The summed E-state index contributed by atoms with van der Waals surface area (Å²) in [5.41, 5.74) is 1.36. The highest BCUT2D eigenvalue weighted by atomic mass is 19.4. The molecule has 0 aromatic heterocycles. The lowest BCUT2D eigenvalue weighted by molar-refractivity contribution is -0.138. The molecule has 6 rings (SSSR count). The van der Waals surface area contributed by atoms with Gasteiger partial charge in [0.1, 0.15) is 5.60 Å². The number of carbonyl (C=O) groups is 1. The van der Waals surface area contributed by atoms with Gasteiger partial charge < -0.3 is 34.2 Å². The van der Waals surface area contributed by atoms with E-state index in [2.05, 4.69) is 24.9 Å². The minimum atomic E-state index is -4.38. The van der Waals surface area contributed by atoms with Crippen LogP contribution >= 0.6 is 0 Å². The maximum absolute atomic E-state index is 13.3. The first-order chi connectivity index (χ1) is 25.1. The number of anilines is 2. The number of nitrogens with zero attached hydrogens (tertiary/aromatic N) is 5. The van der Waals surface area contributed by atoms with E-state index in [0.29, 0.717) is 84.3 Å². The van der Waals surface area contributed by atoms with Gasteiger partial charge in [-0.25, -0.2) is 4.79 Å². The molecule has 1 N–H and O–H groups in total. The normalized spacial score (nSPS) is 19.8. The first-order valence-corrected chi connectivity index (χ1v) is 18.3. The lowest BCUT2D eigenvalue weighted by Crippen LogP contribution is -2.49. The van der Waals surface area contributed by atoms with E-state index in [4.69, 9.17) is 14.2 Å². The quantitative estimate of drug-likeness (QED) is 0.383. The Kier molecular flexibility index (Phi) is 13.8. The van der Waals surface area contributed by atoms with Gasteiger partial charge in [-0.15, -0.1) is 0 Å². The smallest absolute Gasteiger partial charge is 0.416 e. The summed E-state index contributed by atoms with van der Waals surface area (Å²) in [5, 5.41) is 3.27. The third-order valence-electron chi connectivity index (χ3n) is 9.54. The van der Waals surface area contributed by atoms with Gasteiger partial charge in [0.15, 0.2) is 0 Å². The summed E-state index contributed by atoms with van der Waals surface area (Å²) in [6.07, 6.45) is -9.04. The lowest BCUT2D eigenvalue weighted by Gasteiger charge is -2.37. The van der Waals surface area contributed by atoms with Gasteiger partial charge in [-0.1, -0.05) is 0 Å². The van der Waals surface area contributed by atoms with Crippen LogP contribution in [0.2, 0.25) is 0 Å². The largest absolute Gasteiger partial charge is 0.444 e. The minimum absolute atomic E-state index is 0.352. The number of carbonyl (C=O) groups excluding carboxylic acids is 1. The van der Waals surface area contributed by atoms with Crippen molar-refractivity contribution in [2.75, 3.05) is 115 Å². The standard InChI is InChI=1S/C21H30F3N3O3.C16H22F3N3O/c1-20(2,3)30-19(28)27-8-6-25(7-9-27)15-16-14-17(21(22,23)24)4-5-18(16)26-10-12-29-13-11-26;17-16(18,19)14-1-2-15(22-7-9-23-10-8-22)13(11-14)12-21-5-3-20-4-6-21/h4-5,14H,6-13,15H2,1-3H3;1-2,11,20H,3-10,12H2. The molecule has 0 bridgehead atoms. The first-order valence-electron chi connectivity index (χ1n) is 18.3. The second-order valence-electron chi connectivity index (χ2n) is 14.7. The van der Waals surface area contributed by atoms with Crippen molar-refractivity contribution >= 4 is 17.5 Å². The van der Waals surface area contributed by atoms with E-state index >= 15 is 0 Å². The highest BCUT2D eigenvalue weighted by Crippen LogP contribution is 2.35. The number of hydrogen-bond acceptors (Lipinski definition) is 9. The number of hydrogen-bond donors (Lipinski definition) is 1. The SMILES string of the molecule is CC(C)(C)OC(=O)N1CCN(Cc2cc(C(F)(F)F)ccc2N2CCOCC2)CC1.FC(F)(F)c1ccc(N2CCOCC2)c(CN2CCNCC2)c1. The molecule has 2 aromatic rings. The predicted molar refractivity (Wildman–Crippen MR) is 190 cm³/mol. The van der Waals surface area contributed by atoms with E-state index in [9.17, 15) is 31.1 Å². The van der Waals surface area contributed by atoms with Gasteiger partial charge in [-0.2, -0.15) is 26.3 Å². The van der Waals surface area contributed by atoms with Crippen LogP contribution in [0.15, 0.2) is 36.4 Å². The van der Waals surface area contributed by atoms with Crippen LogP contribution < -0.4 is 15.1 Å². The zero-order valence-corrected chi connectivity index (χ0v) is 30.8. The Balaban J connectivity index is 0.000000211. The van der Waals surface area contributed by atoms with Crippen molar-refractivity contribution in [2.24, 2.45) is 0 Å². The fourth-order valence-electron chi connectivity index (χ4n) is 6.77. The molecule has 4 aliphatic heterocycles. The van der Waals surface area contributed by atoms with Gasteiger partial charge in [0.05, 0.1) is 37.6 Å². The van der Waals surface area contributed by atoms with Crippen LogP contribution in [0.5, 0.6) is 0 Å². The molecule has 53 heavy (non-hydrogen) atoms. The summed E-state index contributed by atoms with van der Waals surface area (Å²) in [4.78, 5) is 22.4. The zero-order chi connectivity index (χ0) is 38.2. The second-order valence-corrected chi connectivity index (χ2v) is 14.7. The summed E-state index contributed by atoms with van der Waals surface area (Å²) in [7, 11) is 0. The van der Waals surface area contributed by atoms with Crippen LogP contribution in [0.4, 0.5) is 42.5 Å². The van der Waals surface area contributed by atoms with E-state index in [0.717, 1.165) is 62.3 Å². The van der Waals surface area contributed by atoms with Crippen molar-refractivity contribution in [1.29, 1.82) is 0 Å². The fourth-order valence-corrected chi connectivity index (χ4v) is 6.77. The van der Waals surface area contributed by atoms with Gasteiger partial charge in [-0.05, 0) is 68.3 Å². The molecule has 4 aliphatic rings. The van der Waals surface area contributed by atoms with Crippen LogP contribution in [0.25, 0.3) is 0 Å². The first kappa shape index (κ1) is 40.9. The number of halogens is 6. The van der Waals surface area contributed by atoms with Gasteiger partial charge in [-0.3, -0.25) is 9.80 Å². The Bertz CT molecular complexity index is 1480. The highest BCUT2D eigenvalue weighted by molar-refractivity contribution is 5.68. The van der Waals surface area contributed by atoms with Crippen LogP contribution in [-0.2, 0) is 39.7 Å². The second kappa shape index (κ2) is 17.9. The van der Waals surface area contributed by atoms with Crippen molar-refractivity contribution in [3.63, 3.8) is 0 Å². The molecule has 0 aliphatic carbocycles. The van der Waals surface area contributed by atoms with E-state index in [1.54, 1.807) is 17.0 Å². The number of ether oxygens (including phenoxy) is 3. The molecular formula is C37H52F6N6O4. The summed E-state index contributed by atoms with van der Waals surface area (Å²) in [6.45, 7) is 17.2. The molecule has 296 valence electrons. The summed E-state index contributed by atoms with van der Waals surface area (Å²) < 4.78 is 95.2. The number of nitrogens with one attached hydrogen (secondary N) is 1. The van der Waals surface area contributed by atoms with Crippen molar-refractivity contribution in [3.8, 4) is 0 Å². The molecule has 0 radical (unpaired) electrons. The van der Waals surface area contributed by atoms with E-state index in [1.807, 2.05) is 20.8 Å². The number of alkyl halides is 6. The van der Waals surface area contributed by atoms with Crippen LogP contribution in [0, 0.1) is 0 Å². The van der Waals surface area contributed by atoms with Crippen molar-refractivity contribution in [2.45, 2.75) is 51.8 Å². The number of amides is 1.